The van der Waals surface area contributed by atoms with Crippen LogP contribution in [0.5, 0.6) is 0 Å². The summed E-state index contributed by atoms with van der Waals surface area (Å²) in [5.41, 5.74) is 0. The second-order valence-corrected chi connectivity index (χ2v) is 3.95. The quantitative estimate of drug-likeness (QED) is 0.678. The van der Waals surface area contributed by atoms with Gasteiger partial charge in [-0.15, -0.1) is 0 Å². The number of amides is 1. The maximum Gasteiger partial charge on any atom is 0.410 e. The van der Waals surface area contributed by atoms with Gasteiger partial charge in [0.1, 0.15) is 6.10 Å². The van der Waals surface area contributed by atoms with E-state index < -0.39 is 0 Å². The summed E-state index contributed by atoms with van der Waals surface area (Å²) >= 11 is 0. The van der Waals surface area contributed by atoms with E-state index in [0.29, 0.717) is 26.3 Å². The molecule has 0 aliphatic carbocycles. The Hall–Kier alpha value is -0.810. The monoisotopic (exact) mass is 214 g/mol. The summed E-state index contributed by atoms with van der Waals surface area (Å²) in [6.45, 7) is 4.37. The predicted octanol–water partition coefficient (Wildman–Crippen LogP) is 0.207. The molecule has 86 valence electrons. The van der Waals surface area contributed by atoms with Gasteiger partial charge in [-0.2, -0.15) is 0 Å². The van der Waals surface area contributed by atoms with Crippen molar-refractivity contribution >= 4 is 6.09 Å². The number of hydrogen-bond acceptors (Lipinski definition) is 4. The highest BCUT2D eigenvalue weighted by molar-refractivity contribution is 5.67. The average molecular weight is 214 g/mol. The molecule has 2 saturated heterocycles. The SMILES string of the molecule is O=C(O[C@@H]1CCCNC1)N1CCOCC1. The molecule has 5 heteroatoms. The van der Waals surface area contributed by atoms with Gasteiger partial charge < -0.3 is 19.7 Å². The number of piperidine rings is 1. The second kappa shape index (κ2) is 5.32. The molecule has 1 amide bonds. The van der Waals surface area contributed by atoms with Gasteiger partial charge in [0.2, 0.25) is 0 Å². The first-order valence-electron chi connectivity index (χ1n) is 5.60. The summed E-state index contributed by atoms with van der Waals surface area (Å²) < 4.78 is 10.6. The Morgan fingerprint density at radius 2 is 2.20 bits per heavy atom. The lowest BCUT2D eigenvalue weighted by Crippen LogP contribution is -2.44. The zero-order valence-corrected chi connectivity index (χ0v) is 8.91. The topological polar surface area (TPSA) is 50.8 Å². The smallest absolute Gasteiger partial charge is 0.410 e. The van der Waals surface area contributed by atoms with Crippen molar-refractivity contribution in [3.05, 3.63) is 0 Å². The molecule has 0 aromatic heterocycles. The second-order valence-electron chi connectivity index (χ2n) is 3.95. The predicted molar refractivity (Wildman–Crippen MR) is 54.8 cm³/mol. The van der Waals surface area contributed by atoms with Gasteiger partial charge in [-0.3, -0.25) is 0 Å². The maximum atomic E-state index is 11.7. The van der Waals surface area contributed by atoms with E-state index in [-0.39, 0.29) is 12.2 Å². The van der Waals surface area contributed by atoms with Gasteiger partial charge in [-0.05, 0) is 19.4 Å². The van der Waals surface area contributed by atoms with Crippen molar-refractivity contribution in [3.63, 3.8) is 0 Å². The Morgan fingerprint density at radius 3 is 2.87 bits per heavy atom. The molecule has 5 nitrogen and oxygen atoms in total. The zero-order chi connectivity index (χ0) is 10.5. The average Bonchev–Trinajstić information content (AvgIpc) is 2.31. The molecule has 2 fully saturated rings. The van der Waals surface area contributed by atoms with E-state index in [2.05, 4.69) is 5.32 Å². The third-order valence-corrected chi connectivity index (χ3v) is 2.79. The lowest BCUT2D eigenvalue weighted by atomic mass is 10.1. The van der Waals surface area contributed by atoms with E-state index in [1.54, 1.807) is 4.90 Å². The molecule has 15 heavy (non-hydrogen) atoms. The molecule has 0 radical (unpaired) electrons. The summed E-state index contributed by atoms with van der Waals surface area (Å²) in [5.74, 6) is 0. The maximum absolute atomic E-state index is 11.7. The van der Waals surface area contributed by atoms with Gasteiger partial charge in [0.25, 0.3) is 0 Å². The Morgan fingerprint density at radius 1 is 1.40 bits per heavy atom. The van der Waals surface area contributed by atoms with Crippen molar-refractivity contribution in [3.8, 4) is 0 Å². The number of nitrogens with one attached hydrogen (secondary N) is 1. The van der Waals surface area contributed by atoms with Crippen molar-refractivity contribution in [2.24, 2.45) is 0 Å². The molecule has 2 heterocycles. The van der Waals surface area contributed by atoms with Crippen molar-refractivity contribution in [1.82, 2.24) is 10.2 Å². The minimum absolute atomic E-state index is 0.0501. The number of hydrogen-bond donors (Lipinski definition) is 1. The van der Waals surface area contributed by atoms with Crippen LogP contribution in [0.1, 0.15) is 12.8 Å². The van der Waals surface area contributed by atoms with Crippen LogP contribution in [-0.4, -0.2) is 56.5 Å². The van der Waals surface area contributed by atoms with Crippen LogP contribution in [0.3, 0.4) is 0 Å². The van der Waals surface area contributed by atoms with Crippen molar-refractivity contribution in [1.29, 1.82) is 0 Å². The van der Waals surface area contributed by atoms with E-state index in [4.69, 9.17) is 9.47 Å². The Bertz CT molecular complexity index is 211. The Kier molecular flexibility index (Phi) is 3.80. The van der Waals surface area contributed by atoms with E-state index in [1.807, 2.05) is 0 Å². The normalized spacial score (nSPS) is 27.5. The highest BCUT2D eigenvalue weighted by Gasteiger charge is 2.22. The van der Waals surface area contributed by atoms with Crippen molar-refractivity contribution in [2.45, 2.75) is 18.9 Å². The molecular weight excluding hydrogens is 196 g/mol. The molecular formula is C10H18N2O3. The van der Waals surface area contributed by atoms with Crippen LogP contribution in [0.25, 0.3) is 0 Å². The van der Waals surface area contributed by atoms with Gasteiger partial charge in [-0.25, -0.2) is 4.79 Å². The molecule has 0 unspecified atom stereocenters. The summed E-state index contributed by atoms with van der Waals surface area (Å²) in [6.07, 6.45) is 1.92. The standard InChI is InChI=1S/C10H18N2O3/c13-10(12-4-6-14-7-5-12)15-9-2-1-3-11-8-9/h9,11H,1-8H2/t9-/m1/s1. The fourth-order valence-corrected chi connectivity index (χ4v) is 1.88. The van der Waals surface area contributed by atoms with Gasteiger partial charge in [0, 0.05) is 19.6 Å². The fourth-order valence-electron chi connectivity index (χ4n) is 1.88. The van der Waals surface area contributed by atoms with Gasteiger partial charge in [0.15, 0.2) is 0 Å². The van der Waals surface area contributed by atoms with Gasteiger partial charge >= 0.3 is 6.09 Å². The van der Waals surface area contributed by atoms with Crippen LogP contribution in [0.2, 0.25) is 0 Å². The third kappa shape index (κ3) is 3.07. The molecule has 0 saturated carbocycles. The van der Waals surface area contributed by atoms with Crippen LogP contribution in [0.4, 0.5) is 4.79 Å². The molecule has 2 aliphatic rings. The molecule has 0 aromatic rings. The zero-order valence-electron chi connectivity index (χ0n) is 8.91. The first-order valence-corrected chi connectivity index (χ1v) is 5.60. The summed E-state index contributed by atoms with van der Waals surface area (Å²) in [4.78, 5) is 13.4. The van der Waals surface area contributed by atoms with E-state index in [9.17, 15) is 4.79 Å². The minimum Gasteiger partial charge on any atom is -0.445 e. The molecule has 2 rings (SSSR count). The van der Waals surface area contributed by atoms with Crippen LogP contribution in [-0.2, 0) is 9.47 Å². The lowest BCUT2D eigenvalue weighted by molar-refractivity contribution is 0.00838. The fraction of sp³-hybridized carbons (Fsp3) is 0.900. The first-order chi connectivity index (χ1) is 7.36. The number of morpholine rings is 1. The molecule has 0 spiro atoms. The molecule has 2 aliphatic heterocycles. The summed E-state index contributed by atoms with van der Waals surface area (Å²) in [6, 6.07) is 0. The van der Waals surface area contributed by atoms with Crippen LogP contribution in [0, 0.1) is 0 Å². The molecule has 1 atom stereocenters. The number of ether oxygens (including phenoxy) is 2. The molecule has 0 bridgehead atoms. The minimum atomic E-state index is -0.188. The van der Waals surface area contributed by atoms with Crippen LogP contribution >= 0.6 is 0 Å². The van der Waals surface area contributed by atoms with E-state index >= 15 is 0 Å². The van der Waals surface area contributed by atoms with Crippen LogP contribution in [0.15, 0.2) is 0 Å². The Labute approximate surface area is 89.7 Å². The third-order valence-electron chi connectivity index (χ3n) is 2.79. The van der Waals surface area contributed by atoms with Gasteiger partial charge in [-0.1, -0.05) is 0 Å². The van der Waals surface area contributed by atoms with E-state index in [1.165, 1.54) is 0 Å². The Balaban J connectivity index is 1.74. The lowest BCUT2D eigenvalue weighted by Gasteiger charge is -2.29. The van der Waals surface area contributed by atoms with Crippen molar-refractivity contribution < 1.29 is 14.3 Å². The largest absolute Gasteiger partial charge is 0.445 e. The number of rotatable bonds is 1. The number of carbonyl (C=O) groups excluding carboxylic acids is 1. The first kappa shape index (κ1) is 10.7. The highest BCUT2D eigenvalue weighted by Crippen LogP contribution is 2.09. The molecule has 1 N–H and O–H groups in total. The van der Waals surface area contributed by atoms with Crippen molar-refractivity contribution in [2.75, 3.05) is 39.4 Å². The van der Waals surface area contributed by atoms with Gasteiger partial charge in [0.05, 0.1) is 13.2 Å². The summed E-state index contributed by atoms with van der Waals surface area (Å²) in [5, 5.41) is 3.22. The number of carbonyl (C=O) groups is 1. The van der Waals surface area contributed by atoms with Crippen LogP contribution < -0.4 is 5.32 Å². The van der Waals surface area contributed by atoms with E-state index in [0.717, 1.165) is 25.9 Å². The number of nitrogens with zero attached hydrogens (tertiary/aromatic N) is 1. The summed E-state index contributed by atoms with van der Waals surface area (Å²) in [7, 11) is 0. The molecule has 0 aromatic carbocycles. The highest BCUT2D eigenvalue weighted by atomic mass is 16.6.